The summed E-state index contributed by atoms with van der Waals surface area (Å²) in [5.74, 6) is 4.71. The molecule has 0 aromatic carbocycles. The number of carbonyl (C=O) groups excluding carboxylic acids is 1. The molecular formula is C7H13NO3. The molecule has 0 heterocycles. The van der Waals surface area contributed by atoms with Gasteiger partial charge in [0.1, 0.15) is 0 Å². The van der Waals surface area contributed by atoms with Crippen molar-refractivity contribution in [1.82, 2.24) is 0 Å². The van der Waals surface area contributed by atoms with Gasteiger partial charge < -0.3 is 9.57 Å². The number of ether oxygens (including phenoxy) is 1. The van der Waals surface area contributed by atoms with Gasteiger partial charge in [-0.2, -0.15) is 0 Å². The highest BCUT2D eigenvalue weighted by molar-refractivity contribution is 5.77. The van der Waals surface area contributed by atoms with Crippen LogP contribution in [0.5, 0.6) is 0 Å². The lowest BCUT2D eigenvalue weighted by molar-refractivity contribution is -0.164. The molecule has 0 aliphatic heterocycles. The standard InChI is InChI=1S/C7H13NO3/c1-10-6(9)7(5-11-8)3-2-4-7/h2-5,8H2,1H3. The summed E-state index contributed by atoms with van der Waals surface area (Å²) >= 11 is 0. The van der Waals surface area contributed by atoms with Crippen LogP contribution in [0.4, 0.5) is 0 Å². The molecule has 4 heteroatoms. The highest BCUT2D eigenvalue weighted by atomic mass is 16.6. The topological polar surface area (TPSA) is 61.5 Å². The molecule has 64 valence electrons. The van der Waals surface area contributed by atoms with Crippen molar-refractivity contribution in [3.05, 3.63) is 0 Å². The van der Waals surface area contributed by atoms with Crippen LogP contribution in [0.15, 0.2) is 0 Å². The lowest BCUT2D eigenvalue weighted by atomic mass is 9.69. The third-order valence-corrected chi connectivity index (χ3v) is 2.29. The Morgan fingerprint density at radius 2 is 2.27 bits per heavy atom. The largest absolute Gasteiger partial charge is 0.469 e. The molecular weight excluding hydrogens is 146 g/mol. The Labute approximate surface area is 65.6 Å². The van der Waals surface area contributed by atoms with Crippen molar-refractivity contribution in [2.75, 3.05) is 13.7 Å². The number of methoxy groups -OCH3 is 1. The molecule has 0 spiro atoms. The Hall–Kier alpha value is -0.610. The first-order valence-corrected chi connectivity index (χ1v) is 3.65. The second kappa shape index (κ2) is 3.19. The molecule has 11 heavy (non-hydrogen) atoms. The SMILES string of the molecule is COC(=O)C1(CON)CCC1. The molecule has 1 rings (SSSR count). The van der Waals surface area contributed by atoms with Gasteiger partial charge in [-0.15, -0.1) is 0 Å². The monoisotopic (exact) mass is 159 g/mol. The summed E-state index contributed by atoms with van der Waals surface area (Å²) in [7, 11) is 1.39. The minimum Gasteiger partial charge on any atom is -0.469 e. The third kappa shape index (κ3) is 1.36. The van der Waals surface area contributed by atoms with E-state index in [9.17, 15) is 4.79 Å². The van der Waals surface area contributed by atoms with Crippen LogP contribution in [0, 0.1) is 5.41 Å². The minimum atomic E-state index is -0.427. The highest BCUT2D eigenvalue weighted by Gasteiger charge is 2.45. The molecule has 0 atom stereocenters. The zero-order chi connectivity index (χ0) is 8.32. The fourth-order valence-corrected chi connectivity index (χ4v) is 1.39. The summed E-state index contributed by atoms with van der Waals surface area (Å²) in [6.07, 6.45) is 2.71. The van der Waals surface area contributed by atoms with Gasteiger partial charge in [-0.05, 0) is 12.8 Å². The fourth-order valence-electron chi connectivity index (χ4n) is 1.39. The Morgan fingerprint density at radius 1 is 1.64 bits per heavy atom. The molecule has 1 aliphatic carbocycles. The van der Waals surface area contributed by atoms with Gasteiger partial charge >= 0.3 is 5.97 Å². The molecule has 0 radical (unpaired) electrons. The lowest BCUT2D eigenvalue weighted by Crippen LogP contribution is -2.43. The number of carbonyl (C=O) groups is 1. The maximum atomic E-state index is 11.1. The molecule has 1 fully saturated rings. The van der Waals surface area contributed by atoms with E-state index < -0.39 is 5.41 Å². The third-order valence-electron chi connectivity index (χ3n) is 2.29. The van der Waals surface area contributed by atoms with Crippen molar-refractivity contribution < 1.29 is 14.4 Å². The predicted molar refractivity (Wildman–Crippen MR) is 38.4 cm³/mol. The number of rotatable bonds is 3. The molecule has 0 unspecified atom stereocenters. The first kappa shape index (κ1) is 8.49. The molecule has 0 aromatic rings. The molecule has 0 bridgehead atoms. The lowest BCUT2D eigenvalue weighted by Gasteiger charge is -2.37. The van der Waals surface area contributed by atoms with E-state index in [0.717, 1.165) is 19.3 Å². The van der Waals surface area contributed by atoms with Gasteiger partial charge in [-0.25, -0.2) is 5.90 Å². The zero-order valence-electron chi connectivity index (χ0n) is 6.63. The van der Waals surface area contributed by atoms with Gasteiger partial charge in [0.2, 0.25) is 0 Å². The summed E-state index contributed by atoms with van der Waals surface area (Å²) in [6, 6.07) is 0. The molecule has 1 saturated carbocycles. The Morgan fingerprint density at radius 3 is 2.55 bits per heavy atom. The van der Waals surface area contributed by atoms with Crippen LogP contribution >= 0.6 is 0 Å². The predicted octanol–water partition coefficient (Wildman–Crippen LogP) is 0.220. The van der Waals surface area contributed by atoms with Gasteiger partial charge in [0, 0.05) is 0 Å². The van der Waals surface area contributed by atoms with Gasteiger partial charge in [-0.3, -0.25) is 4.79 Å². The summed E-state index contributed by atoms with van der Waals surface area (Å²) in [4.78, 5) is 15.6. The smallest absolute Gasteiger partial charge is 0.314 e. The number of esters is 1. The summed E-state index contributed by atoms with van der Waals surface area (Å²) in [6.45, 7) is 0.277. The van der Waals surface area contributed by atoms with Crippen LogP contribution in [-0.4, -0.2) is 19.7 Å². The first-order chi connectivity index (χ1) is 5.25. The van der Waals surface area contributed by atoms with Crippen molar-refractivity contribution >= 4 is 5.97 Å². The summed E-state index contributed by atoms with van der Waals surface area (Å²) < 4.78 is 4.64. The molecule has 0 aromatic heterocycles. The van der Waals surface area contributed by atoms with Crippen LogP contribution in [-0.2, 0) is 14.4 Å². The van der Waals surface area contributed by atoms with E-state index >= 15 is 0 Å². The minimum absolute atomic E-state index is 0.200. The molecule has 0 saturated heterocycles. The molecule has 4 nitrogen and oxygen atoms in total. The Balaban J connectivity index is 2.52. The highest BCUT2D eigenvalue weighted by Crippen LogP contribution is 2.41. The average molecular weight is 159 g/mol. The number of hydrogen-bond donors (Lipinski definition) is 1. The van der Waals surface area contributed by atoms with Crippen molar-refractivity contribution in [2.45, 2.75) is 19.3 Å². The van der Waals surface area contributed by atoms with Crippen LogP contribution in [0.2, 0.25) is 0 Å². The van der Waals surface area contributed by atoms with Gasteiger partial charge in [0.05, 0.1) is 19.1 Å². The van der Waals surface area contributed by atoms with Crippen molar-refractivity contribution in [3.63, 3.8) is 0 Å². The first-order valence-electron chi connectivity index (χ1n) is 3.65. The van der Waals surface area contributed by atoms with Crippen LogP contribution in [0.25, 0.3) is 0 Å². The number of hydrogen-bond acceptors (Lipinski definition) is 4. The maximum absolute atomic E-state index is 11.1. The Kier molecular flexibility index (Phi) is 2.46. The second-order valence-electron chi connectivity index (χ2n) is 2.94. The van der Waals surface area contributed by atoms with Gasteiger partial charge in [0.15, 0.2) is 0 Å². The second-order valence-corrected chi connectivity index (χ2v) is 2.94. The van der Waals surface area contributed by atoms with E-state index in [1.807, 2.05) is 0 Å². The van der Waals surface area contributed by atoms with E-state index in [1.165, 1.54) is 7.11 Å². The van der Waals surface area contributed by atoms with Crippen LogP contribution in [0.1, 0.15) is 19.3 Å². The summed E-state index contributed by atoms with van der Waals surface area (Å²) in [5, 5.41) is 0. The zero-order valence-corrected chi connectivity index (χ0v) is 6.63. The van der Waals surface area contributed by atoms with Crippen LogP contribution in [0.3, 0.4) is 0 Å². The van der Waals surface area contributed by atoms with Crippen LogP contribution < -0.4 is 5.90 Å². The molecule has 0 amide bonds. The molecule has 1 aliphatic rings. The average Bonchev–Trinajstić information content (AvgIpc) is 1.95. The number of nitrogens with two attached hydrogens (primary N) is 1. The summed E-state index contributed by atoms with van der Waals surface area (Å²) in [5.41, 5.74) is -0.427. The van der Waals surface area contributed by atoms with Crippen molar-refractivity contribution in [1.29, 1.82) is 0 Å². The van der Waals surface area contributed by atoms with Crippen molar-refractivity contribution in [2.24, 2.45) is 11.3 Å². The maximum Gasteiger partial charge on any atom is 0.314 e. The van der Waals surface area contributed by atoms with Gasteiger partial charge in [-0.1, -0.05) is 6.42 Å². The van der Waals surface area contributed by atoms with Gasteiger partial charge in [0.25, 0.3) is 0 Å². The van der Waals surface area contributed by atoms with E-state index in [0.29, 0.717) is 0 Å². The Bertz CT molecular complexity index is 154. The normalized spacial score (nSPS) is 20.5. The van der Waals surface area contributed by atoms with E-state index in [-0.39, 0.29) is 12.6 Å². The quantitative estimate of drug-likeness (QED) is 0.472. The fraction of sp³-hybridized carbons (Fsp3) is 0.857. The van der Waals surface area contributed by atoms with Crippen molar-refractivity contribution in [3.8, 4) is 0 Å². The van der Waals surface area contributed by atoms with E-state index in [4.69, 9.17) is 5.90 Å². The van der Waals surface area contributed by atoms with E-state index in [2.05, 4.69) is 9.57 Å². The van der Waals surface area contributed by atoms with E-state index in [1.54, 1.807) is 0 Å². The molecule has 2 N–H and O–H groups in total.